The molecule has 1 saturated carbocycles. The summed E-state index contributed by atoms with van der Waals surface area (Å²) in [6.45, 7) is -0.479. The highest BCUT2D eigenvalue weighted by atomic mass is 16.6. The first kappa shape index (κ1) is 20.9. The first-order valence-corrected chi connectivity index (χ1v) is 10.4. The van der Waals surface area contributed by atoms with Crippen LogP contribution in [-0.2, 0) is 20.7 Å². The van der Waals surface area contributed by atoms with Gasteiger partial charge < -0.3 is 14.8 Å². The van der Waals surface area contributed by atoms with Crippen molar-refractivity contribution in [2.75, 3.05) is 13.2 Å². The lowest BCUT2D eigenvalue weighted by atomic mass is 10.0. The summed E-state index contributed by atoms with van der Waals surface area (Å²) < 4.78 is 10.7. The van der Waals surface area contributed by atoms with Gasteiger partial charge in [-0.2, -0.15) is 0 Å². The van der Waals surface area contributed by atoms with Gasteiger partial charge in [0.25, 0.3) is 5.91 Å². The molecule has 0 aromatic heterocycles. The molecule has 5 heteroatoms. The third-order valence-electron chi connectivity index (χ3n) is 5.14. The van der Waals surface area contributed by atoms with Crippen molar-refractivity contribution >= 4 is 11.9 Å². The molecule has 3 rings (SSSR count). The number of benzene rings is 2. The van der Waals surface area contributed by atoms with E-state index >= 15 is 0 Å². The minimum Gasteiger partial charge on any atom is -0.482 e. The summed E-state index contributed by atoms with van der Waals surface area (Å²) in [5.41, 5.74) is 2.17. The Hall–Kier alpha value is -2.82. The van der Waals surface area contributed by atoms with Crippen molar-refractivity contribution in [1.82, 2.24) is 5.32 Å². The van der Waals surface area contributed by atoms with Crippen LogP contribution in [0.4, 0.5) is 0 Å². The van der Waals surface area contributed by atoms with E-state index < -0.39 is 5.97 Å². The molecule has 2 aromatic rings. The van der Waals surface area contributed by atoms with E-state index in [1.54, 1.807) is 0 Å². The van der Waals surface area contributed by atoms with Gasteiger partial charge in [-0.25, -0.2) is 4.79 Å². The molecule has 29 heavy (non-hydrogen) atoms. The predicted octanol–water partition coefficient (Wildman–Crippen LogP) is 4.04. The molecular weight excluding hydrogens is 366 g/mol. The van der Waals surface area contributed by atoms with E-state index in [-0.39, 0.29) is 25.2 Å². The molecule has 0 heterocycles. The van der Waals surface area contributed by atoms with E-state index in [0.717, 1.165) is 37.7 Å². The van der Waals surface area contributed by atoms with Gasteiger partial charge in [-0.3, -0.25) is 4.79 Å². The number of rotatable bonds is 8. The maximum absolute atomic E-state index is 12.0. The van der Waals surface area contributed by atoms with E-state index in [1.807, 2.05) is 42.5 Å². The number of amides is 1. The minimum absolute atomic E-state index is 0.199. The maximum Gasteiger partial charge on any atom is 0.344 e. The minimum atomic E-state index is -0.546. The van der Waals surface area contributed by atoms with Gasteiger partial charge in [-0.1, -0.05) is 74.2 Å². The Balaban J connectivity index is 1.43. The van der Waals surface area contributed by atoms with Gasteiger partial charge in [0, 0.05) is 12.5 Å². The molecule has 5 nitrogen and oxygen atoms in total. The van der Waals surface area contributed by atoms with Gasteiger partial charge in [0.15, 0.2) is 13.2 Å². The SMILES string of the molecule is O=C(COC(=O)COc1ccccc1Cc1ccccc1)NC1CCCCCC1. The Labute approximate surface area is 172 Å². The molecule has 0 unspecified atom stereocenters. The van der Waals surface area contributed by atoms with Gasteiger partial charge in [0.05, 0.1) is 0 Å². The van der Waals surface area contributed by atoms with Crippen LogP contribution >= 0.6 is 0 Å². The zero-order valence-corrected chi connectivity index (χ0v) is 16.8. The molecule has 0 aliphatic heterocycles. The Morgan fingerprint density at radius 1 is 0.862 bits per heavy atom. The second-order valence-electron chi connectivity index (χ2n) is 7.48. The zero-order chi connectivity index (χ0) is 20.3. The van der Waals surface area contributed by atoms with Gasteiger partial charge in [0.1, 0.15) is 5.75 Å². The summed E-state index contributed by atoms with van der Waals surface area (Å²) in [7, 11) is 0. The highest BCUT2D eigenvalue weighted by Crippen LogP contribution is 2.21. The van der Waals surface area contributed by atoms with Crippen LogP contribution in [0, 0.1) is 0 Å². The summed E-state index contributed by atoms with van der Waals surface area (Å²) in [6, 6.07) is 17.9. The zero-order valence-electron chi connectivity index (χ0n) is 16.8. The maximum atomic E-state index is 12.0. The highest BCUT2D eigenvalue weighted by molar-refractivity contribution is 5.81. The van der Waals surface area contributed by atoms with Crippen LogP contribution in [-0.4, -0.2) is 31.1 Å². The smallest absolute Gasteiger partial charge is 0.344 e. The first-order chi connectivity index (χ1) is 14.2. The van der Waals surface area contributed by atoms with Crippen LogP contribution in [0.15, 0.2) is 54.6 Å². The monoisotopic (exact) mass is 395 g/mol. The average molecular weight is 395 g/mol. The van der Waals surface area contributed by atoms with Crippen LogP contribution in [0.3, 0.4) is 0 Å². The van der Waals surface area contributed by atoms with Crippen molar-refractivity contribution < 1.29 is 19.1 Å². The van der Waals surface area contributed by atoms with Crippen molar-refractivity contribution in [1.29, 1.82) is 0 Å². The number of hydrogen-bond acceptors (Lipinski definition) is 4. The third kappa shape index (κ3) is 7.26. The van der Waals surface area contributed by atoms with E-state index in [4.69, 9.17) is 9.47 Å². The highest BCUT2D eigenvalue weighted by Gasteiger charge is 2.16. The third-order valence-corrected chi connectivity index (χ3v) is 5.14. The summed E-state index contributed by atoms with van der Waals surface area (Å²) in [5.74, 6) is -0.138. The largest absolute Gasteiger partial charge is 0.482 e. The van der Waals surface area contributed by atoms with Gasteiger partial charge in [-0.05, 0) is 30.0 Å². The van der Waals surface area contributed by atoms with Gasteiger partial charge in [-0.15, -0.1) is 0 Å². The molecular formula is C24H29NO4. The topological polar surface area (TPSA) is 64.6 Å². The molecule has 1 N–H and O–H groups in total. The number of ether oxygens (including phenoxy) is 2. The van der Waals surface area contributed by atoms with E-state index in [9.17, 15) is 9.59 Å². The molecule has 0 atom stereocenters. The van der Waals surface area contributed by atoms with Crippen LogP contribution < -0.4 is 10.1 Å². The Morgan fingerprint density at radius 3 is 2.31 bits per heavy atom. The van der Waals surface area contributed by atoms with Crippen LogP contribution in [0.1, 0.15) is 49.7 Å². The fraction of sp³-hybridized carbons (Fsp3) is 0.417. The summed E-state index contributed by atoms with van der Waals surface area (Å²) in [6.07, 6.45) is 7.45. The number of nitrogens with one attached hydrogen (secondary N) is 1. The summed E-state index contributed by atoms with van der Waals surface area (Å²) in [4.78, 5) is 24.0. The average Bonchev–Trinajstić information content (AvgIpc) is 3.01. The predicted molar refractivity (Wildman–Crippen MR) is 112 cm³/mol. The number of hydrogen-bond donors (Lipinski definition) is 1. The molecule has 0 spiro atoms. The van der Waals surface area contributed by atoms with E-state index in [0.29, 0.717) is 5.75 Å². The van der Waals surface area contributed by atoms with Crippen molar-refractivity contribution in [3.63, 3.8) is 0 Å². The normalized spacial score (nSPS) is 14.6. The quantitative estimate of drug-likeness (QED) is 0.541. The molecule has 1 aliphatic carbocycles. The molecule has 1 amide bonds. The molecule has 0 saturated heterocycles. The van der Waals surface area contributed by atoms with Crippen molar-refractivity contribution in [3.8, 4) is 5.75 Å². The Bertz CT molecular complexity index is 782. The Kier molecular flexibility index (Phi) is 8.11. The number of esters is 1. The lowest BCUT2D eigenvalue weighted by Gasteiger charge is -2.16. The van der Waals surface area contributed by atoms with Crippen molar-refractivity contribution in [2.24, 2.45) is 0 Å². The number of carbonyl (C=O) groups excluding carboxylic acids is 2. The summed E-state index contributed by atoms with van der Waals surface area (Å²) in [5, 5.41) is 2.97. The number of para-hydroxylation sites is 1. The lowest BCUT2D eigenvalue weighted by molar-refractivity contribution is -0.150. The van der Waals surface area contributed by atoms with Crippen molar-refractivity contribution in [2.45, 2.75) is 51.0 Å². The van der Waals surface area contributed by atoms with Gasteiger partial charge >= 0.3 is 5.97 Å². The van der Waals surface area contributed by atoms with Crippen LogP contribution in [0.5, 0.6) is 5.75 Å². The summed E-state index contributed by atoms with van der Waals surface area (Å²) >= 11 is 0. The molecule has 1 fully saturated rings. The fourth-order valence-corrected chi connectivity index (χ4v) is 3.62. The lowest BCUT2D eigenvalue weighted by Crippen LogP contribution is -2.37. The molecule has 0 radical (unpaired) electrons. The second-order valence-corrected chi connectivity index (χ2v) is 7.48. The molecule has 2 aromatic carbocycles. The fourth-order valence-electron chi connectivity index (χ4n) is 3.62. The molecule has 0 bridgehead atoms. The van der Waals surface area contributed by atoms with Crippen molar-refractivity contribution in [3.05, 3.63) is 65.7 Å². The standard InChI is InChI=1S/C24H29NO4/c26-23(25-21-13-6-1-2-7-14-21)17-29-24(27)18-28-22-15-9-8-12-20(22)16-19-10-4-3-5-11-19/h3-5,8-12,15,21H,1-2,6-7,13-14,16-18H2,(H,25,26). The molecule has 1 aliphatic rings. The van der Waals surface area contributed by atoms with E-state index in [2.05, 4.69) is 17.4 Å². The van der Waals surface area contributed by atoms with Crippen LogP contribution in [0.2, 0.25) is 0 Å². The second kappa shape index (κ2) is 11.2. The Morgan fingerprint density at radius 2 is 1.55 bits per heavy atom. The van der Waals surface area contributed by atoms with Gasteiger partial charge in [0.2, 0.25) is 0 Å². The molecule has 154 valence electrons. The van der Waals surface area contributed by atoms with Crippen LogP contribution in [0.25, 0.3) is 0 Å². The number of carbonyl (C=O) groups is 2. The van der Waals surface area contributed by atoms with E-state index in [1.165, 1.54) is 18.4 Å². The first-order valence-electron chi connectivity index (χ1n) is 10.4.